The van der Waals surface area contributed by atoms with Crippen molar-refractivity contribution in [2.75, 3.05) is 27.2 Å². The topological polar surface area (TPSA) is 41.6 Å². The molecule has 2 rings (SSSR count). The van der Waals surface area contributed by atoms with Crippen LogP contribution in [0.25, 0.3) is 0 Å². The molecule has 0 fully saturated rings. The highest BCUT2D eigenvalue weighted by molar-refractivity contribution is 9.10. The molecule has 0 aliphatic carbocycles. The number of likely N-dealkylation sites (N-methyl/N-ethyl adjacent to an activating group) is 2. The summed E-state index contributed by atoms with van der Waals surface area (Å²) < 4.78 is 6.70. The smallest absolute Gasteiger partial charge is 0.253 e. The fraction of sp³-hybridized carbons (Fsp3) is 0.278. The first-order valence-electron chi connectivity index (χ1n) is 7.48. The van der Waals surface area contributed by atoms with E-state index in [-0.39, 0.29) is 18.3 Å². The molecule has 0 unspecified atom stereocenters. The van der Waals surface area contributed by atoms with Gasteiger partial charge < -0.3 is 15.0 Å². The number of rotatable bonds is 7. The van der Waals surface area contributed by atoms with Crippen LogP contribution in [0.5, 0.6) is 5.75 Å². The van der Waals surface area contributed by atoms with Gasteiger partial charge in [0, 0.05) is 25.7 Å². The quantitative estimate of drug-likeness (QED) is 0.752. The van der Waals surface area contributed by atoms with Crippen LogP contribution in [-0.4, -0.2) is 38.0 Å². The zero-order chi connectivity index (χ0) is 16.7. The van der Waals surface area contributed by atoms with Gasteiger partial charge in [-0.3, -0.25) is 4.79 Å². The zero-order valence-corrected chi connectivity index (χ0v) is 16.2. The Kier molecular flexibility index (Phi) is 8.82. The number of carbonyl (C=O) groups is 1. The van der Waals surface area contributed by atoms with Crippen LogP contribution in [0.15, 0.2) is 53.0 Å². The maximum absolute atomic E-state index is 12.2. The molecule has 2 aromatic rings. The first-order valence-corrected chi connectivity index (χ1v) is 8.27. The van der Waals surface area contributed by atoms with E-state index in [9.17, 15) is 4.79 Å². The molecule has 0 aliphatic heterocycles. The van der Waals surface area contributed by atoms with Crippen LogP contribution < -0.4 is 10.1 Å². The number of halogens is 2. The van der Waals surface area contributed by atoms with Gasteiger partial charge in [0.05, 0.1) is 4.47 Å². The standard InChI is InChI=1S/C18H21BrN2O2.ClH/c1-20-11-12-21(2)18(22)15-9-7-14(8-10-15)13-23-17-6-4-3-5-16(17)19;/h3-10,20H,11-13H2,1-2H3;1H. The molecule has 2 aromatic carbocycles. The second-order valence-electron chi connectivity index (χ2n) is 5.25. The molecule has 0 saturated heterocycles. The maximum atomic E-state index is 12.2. The van der Waals surface area contributed by atoms with Gasteiger partial charge in [0.15, 0.2) is 0 Å². The fourth-order valence-corrected chi connectivity index (χ4v) is 2.47. The average molecular weight is 414 g/mol. The van der Waals surface area contributed by atoms with Crippen molar-refractivity contribution in [2.24, 2.45) is 0 Å². The minimum Gasteiger partial charge on any atom is -0.488 e. The van der Waals surface area contributed by atoms with Gasteiger partial charge in [-0.1, -0.05) is 24.3 Å². The summed E-state index contributed by atoms with van der Waals surface area (Å²) in [6.45, 7) is 1.93. The number of para-hydroxylation sites is 1. The van der Waals surface area contributed by atoms with E-state index in [0.717, 1.165) is 22.3 Å². The highest BCUT2D eigenvalue weighted by Gasteiger charge is 2.11. The molecule has 130 valence electrons. The maximum Gasteiger partial charge on any atom is 0.253 e. The van der Waals surface area contributed by atoms with Crippen LogP contribution in [0.4, 0.5) is 0 Å². The summed E-state index contributed by atoms with van der Waals surface area (Å²) >= 11 is 3.46. The normalized spacial score (nSPS) is 9.96. The number of hydrogen-bond donors (Lipinski definition) is 1. The Bertz CT molecular complexity index is 650. The summed E-state index contributed by atoms with van der Waals surface area (Å²) in [5.41, 5.74) is 1.71. The van der Waals surface area contributed by atoms with Crippen molar-refractivity contribution in [1.29, 1.82) is 0 Å². The van der Waals surface area contributed by atoms with E-state index in [0.29, 0.717) is 18.7 Å². The Morgan fingerprint density at radius 3 is 2.46 bits per heavy atom. The lowest BCUT2D eigenvalue weighted by atomic mass is 10.1. The van der Waals surface area contributed by atoms with E-state index < -0.39 is 0 Å². The summed E-state index contributed by atoms with van der Waals surface area (Å²) in [4.78, 5) is 14.0. The van der Waals surface area contributed by atoms with Crippen molar-refractivity contribution in [3.8, 4) is 5.75 Å². The highest BCUT2D eigenvalue weighted by atomic mass is 79.9. The third-order valence-corrected chi connectivity index (χ3v) is 4.13. The van der Waals surface area contributed by atoms with Crippen LogP contribution in [0, 0.1) is 0 Å². The average Bonchev–Trinajstić information content (AvgIpc) is 2.59. The molecule has 0 bridgehead atoms. The van der Waals surface area contributed by atoms with Gasteiger partial charge >= 0.3 is 0 Å². The molecule has 0 aromatic heterocycles. The van der Waals surface area contributed by atoms with E-state index in [2.05, 4.69) is 21.2 Å². The van der Waals surface area contributed by atoms with Gasteiger partial charge in [0.25, 0.3) is 5.91 Å². The Morgan fingerprint density at radius 2 is 1.83 bits per heavy atom. The third kappa shape index (κ3) is 5.82. The SMILES string of the molecule is CNCCN(C)C(=O)c1ccc(COc2ccccc2Br)cc1.Cl. The van der Waals surface area contributed by atoms with Crippen LogP contribution >= 0.6 is 28.3 Å². The molecule has 0 aliphatic rings. The number of carbonyl (C=O) groups excluding carboxylic acids is 1. The van der Waals surface area contributed by atoms with Gasteiger partial charge in [-0.05, 0) is 52.8 Å². The summed E-state index contributed by atoms with van der Waals surface area (Å²) in [5, 5.41) is 3.04. The minimum atomic E-state index is 0. The lowest BCUT2D eigenvalue weighted by Gasteiger charge is -2.17. The predicted molar refractivity (Wildman–Crippen MR) is 103 cm³/mol. The molecule has 0 radical (unpaired) electrons. The number of nitrogens with one attached hydrogen (secondary N) is 1. The lowest BCUT2D eigenvalue weighted by molar-refractivity contribution is 0.0797. The lowest BCUT2D eigenvalue weighted by Crippen LogP contribution is -2.32. The Hall–Kier alpha value is -1.56. The molecule has 0 atom stereocenters. The number of amides is 1. The first kappa shape index (κ1) is 20.5. The molecule has 1 N–H and O–H groups in total. The Morgan fingerprint density at radius 1 is 1.17 bits per heavy atom. The van der Waals surface area contributed by atoms with Crippen LogP contribution in [0.2, 0.25) is 0 Å². The van der Waals surface area contributed by atoms with Gasteiger partial charge in [0.2, 0.25) is 0 Å². The summed E-state index contributed by atoms with van der Waals surface area (Å²) in [5.74, 6) is 0.831. The molecule has 0 heterocycles. The second-order valence-corrected chi connectivity index (χ2v) is 6.10. The second kappa shape index (κ2) is 10.3. The van der Waals surface area contributed by atoms with E-state index in [1.54, 1.807) is 4.90 Å². The number of nitrogens with zero attached hydrogens (tertiary/aromatic N) is 1. The molecule has 0 saturated carbocycles. The first-order chi connectivity index (χ1) is 11.1. The largest absolute Gasteiger partial charge is 0.488 e. The van der Waals surface area contributed by atoms with Crippen molar-refractivity contribution < 1.29 is 9.53 Å². The van der Waals surface area contributed by atoms with Crippen molar-refractivity contribution >= 4 is 34.2 Å². The highest BCUT2D eigenvalue weighted by Crippen LogP contribution is 2.24. The van der Waals surface area contributed by atoms with E-state index in [1.807, 2.05) is 62.6 Å². The third-order valence-electron chi connectivity index (χ3n) is 3.48. The number of hydrogen-bond acceptors (Lipinski definition) is 3. The summed E-state index contributed by atoms with van der Waals surface area (Å²) in [6, 6.07) is 15.3. The molecule has 4 nitrogen and oxygen atoms in total. The van der Waals surface area contributed by atoms with E-state index >= 15 is 0 Å². The zero-order valence-electron chi connectivity index (χ0n) is 13.8. The van der Waals surface area contributed by atoms with Crippen molar-refractivity contribution in [2.45, 2.75) is 6.61 Å². The predicted octanol–water partition coefficient (Wildman–Crippen LogP) is 3.74. The summed E-state index contributed by atoms with van der Waals surface area (Å²) in [7, 11) is 3.68. The van der Waals surface area contributed by atoms with E-state index in [4.69, 9.17) is 4.74 Å². The molecular weight excluding hydrogens is 392 g/mol. The fourth-order valence-electron chi connectivity index (χ4n) is 2.07. The molecule has 6 heteroatoms. The van der Waals surface area contributed by atoms with Gasteiger partial charge in [-0.15, -0.1) is 12.4 Å². The van der Waals surface area contributed by atoms with Crippen LogP contribution in [-0.2, 0) is 6.61 Å². The van der Waals surface area contributed by atoms with Gasteiger partial charge in [-0.25, -0.2) is 0 Å². The van der Waals surface area contributed by atoms with Crippen LogP contribution in [0.1, 0.15) is 15.9 Å². The van der Waals surface area contributed by atoms with Crippen molar-refractivity contribution in [1.82, 2.24) is 10.2 Å². The van der Waals surface area contributed by atoms with Gasteiger partial charge in [-0.2, -0.15) is 0 Å². The number of ether oxygens (including phenoxy) is 1. The molecule has 0 spiro atoms. The number of benzene rings is 2. The van der Waals surface area contributed by atoms with E-state index in [1.165, 1.54) is 0 Å². The van der Waals surface area contributed by atoms with Crippen molar-refractivity contribution in [3.63, 3.8) is 0 Å². The molecule has 1 amide bonds. The van der Waals surface area contributed by atoms with Crippen LogP contribution in [0.3, 0.4) is 0 Å². The summed E-state index contributed by atoms with van der Waals surface area (Å²) in [6.07, 6.45) is 0. The minimum absolute atomic E-state index is 0. The molecule has 24 heavy (non-hydrogen) atoms. The van der Waals surface area contributed by atoms with Gasteiger partial charge in [0.1, 0.15) is 12.4 Å². The Labute approximate surface area is 157 Å². The molecular formula is C18H22BrClN2O2. The monoisotopic (exact) mass is 412 g/mol. The Balaban J connectivity index is 0.00000288. The van der Waals surface area contributed by atoms with Crippen molar-refractivity contribution in [3.05, 3.63) is 64.1 Å².